The molecule has 0 saturated carbocycles. The van der Waals surface area contributed by atoms with Crippen molar-refractivity contribution < 1.29 is 9.90 Å². The van der Waals surface area contributed by atoms with Crippen molar-refractivity contribution in [3.63, 3.8) is 0 Å². The van der Waals surface area contributed by atoms with Crippen LogP contribution < -0.4 is 5.32 Å². The summed E-state index contributed by atoms with van der Waals surface area (Å²) in [4.78, 5) is 11.6. The van der Waals surface area contributed by atoms with Crippen molar-refractivity contribution in [1.29, 1.82) is 0 Å². The monoisotopic (exact) mass is 281 g/mol. The number of unbranched alkanes of at least 4 members (excludes halogenated alkanes) is 6. The summed E-state index contributed by atoms with van der Waals surface area (Å²) >= 11 is 0. The molecule has 0 saturated heterocycles. The summed E-state index contributed by atoms with van der Waals surface area (Å²) in [5, 5.41) is 15.4. The van der Waals surface area contributed by atoms with Crippen molar-refractivity contribution in [3.8, 4) is 0 Å². The number of aliphatic hydroxyl groups excluding tert-OH is 1. The molecule has 0 aromatic carbocycles. The Labute approximate surface area is 121 Å². The Morgan fingerprint density at radius 2 is 1.95 bits per heavy atom. The normalized spacial score (nSPS) is 10.7. The smallest absolute Gasteiger partial charge is 0.342 e. The minimum Gasteiger partial charge on any atom is -0.395 e. The maximum atomic E-state index is 11.6. The van der Waals surface area contributed by atoms with E-state index >= 15 is 0 Å². The topological polar surface area (TPSA) is 67.2 Å². The predicted molar refractivity (Wildman–Crippen MR) is 79.8 cm³/mol. The third-order valence-corrected chi connectivity index (χ3v) is 3.28. The number of nitrogens with one attached hydrogen (secondary N) is 1. The van der Waals surface area contributed by atoms with E-state index in [0.29, 0.717) is 0 Å². The highest BCUT2D eigenvalue weighted by Gasteiger charge is 2.05. The van der Waals surface area contributed by atoms with Crippen LogP contribution in [-0.4, -0.2) is 34.1 Å². The van der Waals surface area contributed by atoms with Crippen LogP contribution >= 0.6 is 0 Å². The molecule has 0 aliphatic heterocycles. The zero-order valence-corrected chi connectivity index (χ0v) is 12.5. The first kappa shape index (κ1) is 16.7. The molecule has 0 atom stereocenters. The van der Waals surface area contributed by atoms with Gasteiger partial charge >= 0.3 is 6.03 Å². The van der Waals surface area contributed by atoms with Gasteiger partial charge in [0.05, 0.1) is 12.3 Å². The number of aliphatic hydroxyl groups is 1. The number of amides is 1. The summed E-state index contributed by atoms with van der Waals surface area (Å²) in [5.74, 6) is 0. The molecule has 0 fully saturated rings. The average molecular weight is 281 g/mol. The van der Waals surface area contributed by atoms with Gasteiger partial charge in [-0.25, -0.2) is 4.79 Å². The third kappa shape index (κ3) is 6.70. The fourth-order valence-electron chi connectivity index (χ4n) is 2.12. The molecule has 20 heavy (non-hydrogen) atoms. The van der Waals surface area contributed by atoms with Crippen LogP contribution in [0.5, 0.6) is 0 Å². The van der Waals surface area contributed by atoms with Crippen molar-refractivity contribution in [2.45, 2.75) is 58.3 Å². The number of aromatic nitrogens is 2. The summed E-state index contributed by atoms with van der Waals surface area (Å²) in [7, 11) is 0. The number of hydrogen-bond donors (Lipinski definition) is 2. The lowest BCUT2D eigenvalue weighted by Gasteiger charge is -2.02. The molecule has 0 aliphatic rings. The molecule has 1 amide bonds. The van der Waals surface area contributed by atoms with Gasteiger partial charge < -0.3 is 10.4 Å². The molecule has 1 aromatic rings. The number of rotatable bonds is 10. The maximum Gasteiger partial charge on any atom is 0.342 e. The number of carbonyl (C=O) groups excluding carboxylic acids is 1. The molecular formula is C15H27N3O2. The van der Waals surface area contributed by atoms with Crippen molar-refractivity contribution in [2.24, 2.45) is 0 Å². The van der Waals surface area contributed by atoms with Crippen molar-refractivity contribution in [1.82, 2.24) is 15.1 Å². The summed E-state index contributed by atoms with van der Waals surface area (Å²) in [6.07, 6.45) is 11.5. The largest absolute Gasteiger partial charge is 0.395 e. The van der Waals surface area contributed by atoms with E-state index in [-0.39, 0.29) is 19.2 Å². The SMILES string of the molecule is CCCCCCCCCc1ccn(C(=O)NCCO)n1. The molecule has 5 nitrogen and oxygen atoms in total. The number of hydrogen-bond acceptors (Lipinski definition) is 3. The summed E-state index contributed by atoms with van der Waals surface area (Å²) in [6, 6.07) is 1.60. The second-order valence-electron chi connectivity index (χ2n) is 5.08. The Hall–Kier alpha value is -1.36. The molecule has 114 valence electrons. The Kier molecular flexibility index (Phi) is 8.71. The highest BCUT2D eigenvalue weighted by Crippen LogP contribution is 2.09. The van der Waals surface area contributed by atoms with E-state index in [9.17, 15) is 4.79 Å². The molecule has 0 unspecified atom stereocenters. The van der Waals surface area contributed by atoms with Gasteiger partial charge in [0, 0.05) is 12.7 Å². The van der Waals surface area contributed by atoms with Crippen LogP contribution in [0.2, 0.25) is 0 Å². The Morgan fingerprint density at radius 3 is 2.65 bits per heavy atom. The Bertz CT molecular complexity index is 377. The lowest BCUT2D eigenvalue weighted by molar-refractivity contribution is 0.233. The van der Waals surface area contributed by atoms with Crippen molar-refractivity contribution in [3.05, 3.63) is 18.0 Å². The van der Waals surface area contributed by atoms with Crippen LogP contribution in [0.25, 0.3) is 0 Å². The van der Waals surface area contributed by atoms with Gasteiger partial charge in [-0.1, -0.05) is 45.4 Å². The summed E-state index contributed by atoms with van der Waals surface area (Å²) < 4.78 is 1.30. The second-order valence-corrected chi connectivity index (χ2v) is 5.08. The highest BCUT2D eigenvalue weighted by atomic mass is 16.3. The Balaban J connectivity index is 2.15. The average Bonchev–Trinajstić information content (AvgIpc) is 2.92. The molecule has 0 bridgehead atoms. The van der Waals surface area contributed by atoms with E-state index in [2.05, 4.69) is 17.3 Å². The van der Waals surface area contributed by atoms with Crippen LogP contribution in [0.1, 0.15) is 57.6 Å². The summed E-state index contributed by atoms with van der Waals surface area (Å²) in [6.45, 7) is 2.43. The fourth-order valence-corrected chi connectivity index (χ4v) is 2.12. The van der Waals surface area contributed by atoms with E-state index in [1.54, 1.807) is 6.20 Å². The van der Waals surface area contributed by atoms with Crippen LogP contribution in [0, 0.1) is 0 Å². The first-order valence-electron chi connectivity index (χ1n) is 7.71. The minimum atomic E-state index is -0.287. The van der Waals surface area contributed by atoms with Gasteiger partial charge in [-0.3, -0.25) is 0 Å². The molecule has 2 N–H and O–H groups in total. The zero-order valence-electron chi connectivity index (χ0n) is 12.5. The van der Waals surface area contributed by atoms with Gasteiger partial charge in [-0.05, 0) is 18.9 Å². The molecule has 1 rings (SSSR count). The first-order valence-corrected chi connectivity index (χ1v) is 7.71. The maximum absolute atomic E-state index is 11.6. The third-order valence-electron chi connectivity index (χ3n) is 3.28. The van der Waals surface area contributed by atoms with E-state index in [0.717, 1.165) is 18.5 Å². The standard InChI is InChI=1S/C15H27N3O2/c1-2-3-4-5-6-7-8-9-14-10-12-18(17-14)15(20)16-11-13-19/h10,12,19H,2-9,11,13H2,1H3,(H,16,20). The molecule has 5 heteroatoms. The molecule has 0 spiro atoms. The van der Waals surface area contributed by atoms with Gasteiger partial charge in [-0.2, -0.15) is 9.78 Å². The fraction of sp³-hybridized carbons (Fsp3) is 0.733. The van der Waals surface area contributed by atoms with Gasteiger partial charge in [0.1, 0.15) is 0 Å². The lowest BCUT2D eigenvalue weighted by atomic mass is 10.1. The lowest BCUT2D eigenvalue weighted by Crippen LogP contribution is -2.31. The molecular weight excluding hydrogens is 254 g/mol. The van der Waals surface area contributed by atoms with Gasteiger partial charge in [-0.15, -0.1) is 0 Å². The van der Waals surface area contributed by atoms with Crippen LogP contribution in [0.3, 0.4) is 0 Å². The number of nitrogens with zero attached hydrogens (tertiary/aromatic N) is 2. The van der Waals surface area contributed by atoms with E-state index < -0.39 is 0 Å². The molecule has 1 aromatic heterocycles. The Morgan fingerprint density at radius 1 is 1.25 bits per heavy atom. The molecule has 0 aliphatic carbocycles. The molecule has 0 radical (unpaired) electrons. The predicted octanol–water partition coefficient (Wildman–Crippen LogP) is 2.73. The quantitative estimate of drug-likeness (QED) is 0.648. The minimum absolute atomic E-state index is 0.0576. The number of aryl methyl sites for hydroxylation is 1. The van der Waals surface area contributed by atoms with Gasteiger partial charge in [0.15, 0.2) is 0 Å². The van der Waals surface area contributed by atoms with Crippen molar-refractivity contribution >= 4 is 6.03 Å². The van der Waals surface area contributed by atoms with E-state index in [4.69, 9.17) is 5.11 Å². The number of carbonyl (C=O) groups is 1. The van der Waals surface area contributed by atoms with Gasteiger partial charge in [0.25, 0.3) is 0 Å². The van der Waals surface area contributed by atoms with Crippen molar-refractivity contribution in [2.75, 3.05) is 13.2 Å². The van der Waals surface area contributed by atoms with Crippen LogP contribution in [-0.2, 0) is 6.42 Å². The molecule has 1 heterocycles. The first-order chi connectivity index (χ1) is 9.77. The van der Waals surface area contributed by atoms with E-state index in [1.807, 2.05) is 6.07 Å². The van der Waals surface area contributed by atoms with Gasteiger partial charge in [0.2, 0.25) is 0 Å². The summed E-state index contributed by atoms with van der Waals surface area (Å²) in [5.41, 5.74) is 0.956. The highest BCUT2D eigenvalue weighted by molar-refractivity contribution is 5.75. The van der Waals surface area contributed by atoms with Crippen LogP contribution in [0.15, 0.2) is 12.3 Å². The zero-order chi connectivity index (χ0) is 14.6. The van der Waals surface area contributed by atoms with E-state index in [1.165, 1.54) is 43.2 Å². The second kappa shape index (κ2) is 10.4. The van der Waals surface area contributed by atoms with Crippen LogP contribution in [0.4, 0.5) is 4.79 Å².